The lowest BCUT2D eigenvalue weighted by atomic mass is 9.86. The highest BCUT2D eigenvalue weighted by Gasteiger charge is 2.25. The third-order valence-corrected chi connectivity index (χ3v) is 3.98. The zero-order chi connectivity index (χ0) is 10.7. The van der Waals surface area contributed by atoms with E-state index in [1.807, 2.05) is 0 Å². The van der Waals surface area contributed by atoms with Gasteiger partial charge in [0.25, 0.3) is 0 Å². The van der Waals surface area contributed by atoms with Gasteiger partial charge in [0.15, 0.2) is 0 Å². The molecule has 0 amide bonds. The smallest absolute Gasteiger partial charge is 0.0580 e. The molecule has 2 aliphatic carbocycles. The van der Waals surface area contributed by atoms with Gasteiger partial charge >= 0.3 is 0 Å². The Morgan fingerprint density at radius 3 is 2.60 bits per heavy atom. The number of hydrogen-bond acceptors (Lipinski definition) is 2. The monoisotopic (exact) mass is 211 g/mol. The van der Waals surface area contributed by atoms with Crippen LogP contribution in [-0.4, -0.2) is 23.8 Å². The summed E-state index contributed by atoms with van der Waals surface area (Å²) >= 11 is 0. The highest BCUT2D eigenvalue weighted by atomic mass is 16.3. The summed E-state index contributed by atoms with van der Waals surface area (Å²) in [6.45, 7) is 3.31. The quantitative estimate of drug-likeness (QED) is 0.731. The summed E-state index contributed by atoms with van der Waals surface area (Å²) < 4.78 is 0. The Balaban J connectivity index is 1.62. The van der Waals surface area contributed by atoms with Crippen LogP contribution in [-0.2, 0) is 0 Å². The molecule has 2 N–H and O–H groups in total. The molecule has 2 fully saturated rings. The maximum Gasteiger partial charge on any atom is 0.0580 e. The van der Waals surface area contributed by atoms with E-state index in [9.17, 15) is 5.11 Å². The number of aliphatic hydroxyl groups excluding tert-OH is 1. The molecule has 0 aromatic carbocycles. The largest absolute Gasteiger partial charge is 0.393 e. The van der Waals surface area contributed by atoms with Crippen molar-refractivity contribution in [2.45, 2.75) is 64.0 Å². The van der Waals surface area contributed by atoms with E-state index in [1.54, 1.807) is 0 Å². The first-order valence-corrected chi connectivity index (χ1v) is 6.67. The van der Waals surface area contributed by atoms with E-state index < -0.39 is 0 Å². The van der Waals surface area contributed by atoms with Gasteiger partial charge < -0.3 is 10.4 Å². The average Bonchev–Trinajstić information content (AvgIpc) is 3.00. The number of hydrogen-bond donors (Lipinski definition) is 2. The van der Waals surface area contributed by atoms with Gasteiger partial charge in [-0.05, 0) is 38.0 Å². The van der Waals surface area contributed by atoms with Crippen LogP contribution >= 0.6 is 0 Å². The van der Waals surface area contributed by atoms with Gasteiger partial charge in [-0.1, -0.05) is 25.7 Å². The van der Waals surface area contributed by atoms with Gasteiger partial charge in [0.05, 0.1) is 6.10 Å². The molecular formula is C13H25NO. The minimum absolute atomic E-state index is 0.0422. The van der Waals surface area contributed by atoms with Crippen molar-refractivity contribution in [2.24, 2.45) is 11.8 Å². The summed E-state index contributed by atoms with van der Waals surface area (Å²) in [5.74, 6) is 1.52. The van der Waals surface area contributed by atoms with Crippen LogP contribution in [0, 0.1) is 11.8 Å². The molecule has 0 heterocycles. The zero-order valence-electron chi connectivity index (χ0n) is 9.91. The van der Waals surface area contributed by atoms with Gasteiger partial charge in [-0.3, -0.25) is 0 Å². The van der Waals surface area contributed by atoms with E-state index in [4.69, 9.17) is 0 Å². The number of rotatable bonds is 5. The molecule has 88 valence electrons. The minimum atomic E-state index is -0.0422. The van der Waals surface area contributed by atoms with Crippen molar-refractivity contribution in [2.75, 3.05) is 6.54 Å². The molecule has 0 aromatic heterocycles. The van der Waals surface area contributed by atoms with Gasteiger partial charge in [0.1, 0.15) is 0 Å². The van der Waals surface area contributed by atoms with Crippen molar-refractivity contribution < 1.29 is 5.11 Å². The molecule has 2 heteroatoms. The number of aliphatic hydroxyl groups is 1. The van der Waals surface area contributed by atoms with Gasteiger partial charge in [0, 0.05) is 12.6 Å². The lowest BCUT2D eigenvalue weighted by Gasteiger charge is -2.29. The molecule has 0 saturated heterocycles. The SMILES string of the molecule is CC(CC1CC1)NCC1CCCCC1O. The molecule has 0 bridgehead atoms. The Hall–Kier alpha value is -0.0800. The van der Waals surface area contributed by atoms with Crippen LogP contribution in [0.5, 0.6) is 0 Å². The highest BCUT2D eigenvalue weighted by Crippen LogP contribution is 2.33. The van der Waals surface area contributed by atoms with Crippen molar-refractivity contribution >= 4 is 0 Å². The van der Waals surface area contributed by atoms with E-state index in [0.29, 0.717) is 12.0 Å². The van der Waals surface area contributed by atoms with Crippen LogP contribution in [0.4, 0.5) is 0 Å². The molecule has 2 nitrogen and oxygen atoms in total. The molecule has 0 aliphatic heterocycles. The van der Waals surface area contributed by atoms with Crippen molar-refractivity contribution in [3.05, 3.63) is 0 Å². The maximum absolute atomic E-state index is 9.84. The van der Waals surface area contributed by atoms with Crippen LogP contribution in [0.15, 0.2) is 0 Å². The molecule has 0 radical (unpaired) electrons. The van der Waals surface area contributed by atoms with E-state index in [1.165, 1.54) is 38.5 Å². The molecule has 0 aromatic rings. The topological polar surface area (TPSA) is 32.3 Å². The highest BCUT2D eigenvalue weighted by molar-refractivity contribution is 4.81. The normalized spacial score (nSPS) is 34.0. The zero-order valence-corrected chi connectivity index (χ0v) is 9.91. The van der Waals surface area contributed by atoms with Crippen molar-refractivity contribution in [3.8, 4) is 0 Å². The van der Waals surface area contributed by atoms with Gasteiger partial charge in [0.2, 0.25) is 0 Å². The van der Waals surface area contributed by atoms with Crippen molar-refractivity contribution in [3.63, 3.8) is 0 Å². The molecule has 3 atom stereocenters. The molecule has 15 heavy (non-hydrogen) atoms. The lowest BCUT2D eigenvalue weighted by molar-refractivity contribution is 0.0682. The van der Waals surface area contributed by atoms with E-state index >= 15 is 0 Å². The Morgan fingerprint density at radius 1 is 1.20 bits per heavy atom. The second-order valence-corrected chi connectivity index (χ2v) is 5.60. The van der Waals surface area contributed by atoms with E-state index in [2.05, 4.69) is 12.2 Å². The third-order valence-electron chi connectivity index (χ3n) is 3.98. The average molecular weight is 211 g/mol. The van der Waals surface area contributed by atoms with Gasteiger partial charge in [-0.15, -0.1) is 0 Å². The summed E-state index contributed by atoms with van der Waals surface area (Å²) in [5.41, 5.74) is 0. The molecule has 2 aliphatic rings. The summed E-state index contributed by atoms with van der Waals surface area (Å²) in [6.07, 6.45) is 8.93. The van der Waals surface area contributed by atoms with E-state index in [-0.39, 0.29) is 6.10 Å². The fraction of sp³-hybridized carbons (Fsp3) is 1.00. The summed E-state index contributed by atoms with van der Waals surface area (Å²) in [4.78, 5) is 0. The predicted octanol–water partition coefficient (Wildman–Crippen LogP) is 2.32. The fourth-order valence-electron chi connectivity index (χ4n) is 2.72. The fourth-order valence-corrected chi connectivity index (χ4v) is 2.72. The van der Waals surface area contributed by atoms with Crippen LogP contribution < -0.4 is 5.32 Å². The lowest BCUT2D eigenvalue weighted by Crippen LogP contribution is -2.37. The summed E-state index contributed by atoms with van der Waals surface area (Å²) in [7, 11) is 0. The van der Waals surface area contributed by atoms with Crippen molar-refractivity contribution in [1.82, 2.24) is 5.32 Å². The van der Waals surface area contributed by atoms with Crippen LogP contribution in [0.2, 0.25) is 0 Å². The molecule has 2 saturated carbocycles. The second-order valence-electron chi connectivity index (χ2n) is 5.60. The molecular weight excluding hydrogens is 186 g/mol. The summed E-state index contributed by atoms with van der Waals surface area (Å²) in [6, 6.07) is 0.645. The Kier molecular flexibility index (Phi) is 4.04. The first-order valence-electron chi connectivity index (χ1n) is 6.67. The first-order chi connectivity index (χ1) is 7.25. The third kappa shape index (κ3) is 3.76. The molecule has 2 rings (SSSR count). The Labute approximate surface area is 93.5 Å². The van der Waals surface area contributed by atoms with Crippen LogP contribution in [0.3, 0.4) is 0 Å². The Morgan fingerprint density at radius 2 is 1.93 bits per heavy atom. The van der Waals surface area contributed by atoms with Crippen LogP contribution in [0.25, 0.3) is 0 Å². The second kappa shape index (κ2) is 5.31. The minimum Gasteiger partial charge on any atom is -0.393 e. The van der Waals surface area contributed by atoms with Crippen molar-refractivity contribution in [1.29, 1.82) is 0 Å². The number of nitrogens with one attached hydrogen (secondary N) is 1. The summed E-state index contributed by atoms with van der Waals surface area (Å²) in [5, 5.41) is 13.4. The van der Waals surface area contributed by atoms with Gasteiger partial charge in [-0.25, -0.2) is 0 Å². The molecule has 3 unspecified atom stereocenters. The predicted molar refractivity (Wildman–Crippen MR) is 62.8 cm³/mol. The maximum atomic E-state index is 9.84. The van der Waals surface area contributed by atoms with Crippen LogP contribution in [0.1, 0.15) is 51.9 Å². The van der Waals surface area contributed by atoms with Gasteiger partial charge in [-0.2, -0.15) is 0 Å². The Bertz CT molecular complexity index is 191. The molecule has 0 spiro atoms. The first kappa shape index (κ1) is 11.4. The van der Waals surface area contributed by atoms with E-state index in [0.717, 1.165) is 18.9 Å². The standard InChI is InChI=1S/C13H25NO/c1-10(8-11-6-7-11)14-9-12-4-2-3-5-13(12)15/h10-15H,2-9H2,1H3.